The summed E-state index contributed by atoms with van der Waals surface area (Å²) in [5.41, 5.74) is 2.17. The highest BCUT2D eigenvalue weighted by Gasteiger charge is 2.12. The third-order valence-corrected chi connectivity index (χ3v) is 4.68. The largest absolute Gasteiger partial charge is 0.437 e. The van der Waals surface area contributed by atoms with Crippen molar-refractivity contribution in [2.45, 2.75) is 20.8 Å². The van der Waals surface area contributed by atoms with Crippen LogP contribution in [0.15, 0.2) is 22.7 Å². The number of anilines is 1. The summed E-state index contributed by atoms with van der Waals surface area (Å²) in [7, 11) is 0. The van der Waals surface area contributed by atoms with Gasteiger partial charge in [-0.25, -0.2) is 0 Å². The summed E-state index contributed by atoms with van der Waals surface area (Å²) in [5.74, 6) is 1.58. The quantitative estimate of drug-likeness (QED) is 0.696. The summed E-state index contributed by atoms with van der Waals surface area (Å²) < 4.78 is 6.87. The highest BCUT2D eigenvalue weighted by Crippen LogP contribution is 2.35. The lowest BCUT2D eigenvalue weighted by molar-refractivity contribution is 0.463. The second kappa shape index (κ2) is 6.86. The van der Waals surface area contributed by atoms with E-state index < -0.39 is 0 Å². The molecular weight excluding hydrogens is 375 g/mol. The summed E-state index contributed by atoms with van der Waals surface area (Å²) in [4.78, 5) is 4.33. The van der Waals surface area contributed by atoms with E-state index >= 15 is 0 Å². The van der Waals surface area contributed by atoms with Crippen molar-refractivity contribution < 1.29 is 4.74 Å². The number of halogens is 3. The summed E-state index contributed by atoms with van der Waals surface area (Å²) in [6.45, 7) is 6.69. The van der Waals surface area contributed by atoms with E-state index in [1.165, 1.54) is 0 Å². The van der Waals surface area contributed by atoms with Crippen LogP contribution in [0.4, 0.5) is 5.82 Å². The van der Waals surface area contributed by atoms with E-state index in [1.807, 2.05) is 32.9 Å². The van der Waals surface area contributed by atoms with Gasteiger partial charge in [-0.2, -0.15) is 4.98 Å². The Balaban J connectivity index is 2.37. The van der Waals surface area contributed by atoms with E-state index in [9.17, 15) is 0 Å². The predicted molar refractivity (Wildman–Crippen MR) is 92.1 cm³/mol. The van der Waals surface area contributed by atoms with Gasteiger partial charge in [-0.1, -0.05) is 39.1 Å². The van der Waals surface area contributed by atoms with Gasteiger partial charge >= 0.3 is 0 Å². The molecule has 0 saturated heterocycles. The fourth-order valence-electron chi connectivity index (χ4n) is 1.89. The summed E-state index contributed by atoms with van der Waals surface area (Å²) in [6, 6.07) is 5.48. The van der Waals surface area contributed by atoms with Gasteiger partial charge in [0.2, 0.25) is 5.88 Å². The van der Waals surface area contributed by atoms with Crippen LogP contribution in [0, 0.1) is 13.8 Å². The van der Waals surface area contributed by atoms with Crippen molar-refractivity contribution in [3.05, 3.63) is 43.8 Å². The zero-order chi connectivity index (χ0) is 15.6. The van der Waals surface area contributed by atoms with Crippen LogP contribution in [-0.2, 0) is 0 Å². The number of nitrogens with one attached hydrogen (secondary N) is 1. The first-order valence-corrected chi connectivity index (χ1v) is 8.01. The molecule has 1 aromatic carbocycles. The second-order valence-corrected chi connectivity index (χ2v) is 6.22. The molecule has 1 N–H and O–H groups in total. The SMILES string of the molecule is CCNc1nc(Oc2cc(C)c(Br)c(C)c2)c(Cl)cc1Cl. The summed E-state index contributed by atoms with van der Waals surface area (Å²) >= 11 is 15.8. The Morgan fingerprint density at radius 3 is 2.33 bits per heavy atom. The van der Waals surface area contributed by atoms with Crippen LogP contribution >= 0.6 is 39.1 Å². The number of ether oxygens (including phenoxy) is 1. The fourth-order valence-corrected chi connectivity index (χ4v) is 2.58. The van der Waals surface area contributed by atoms with E-state index in [2.05, 4.69) is 26.2 Å². The first kappa shape index (κ1) is 16.4. The van der Waals surface area contributed by atoms with Crippen molar-refractivity contribution >= 4 is 44.9 Å². The van der Waals surface area contributed by atoms with E-state index in [4.69, 9.17) is 27.9 Å². The van der Waals surface area contributed by atoms with Crippen LogP contribution in [0.25, 0.3) is 0 Å². The van der Waals surface area contributed by atoms with E-state index in [1.54, 1.807) is 6.07 Å². The second-order valence-electron chi connectivity index (χ2n) is 4.61. The molecule has 0 aliphatic heterocycles. The molecular formula is C15H15BrCl2N2O. The number of rotatable bonds is 4. The fraction of sp³-hybridized carbons (Fsp3) is 0.267. The lowest BCUT2D eigenvalue weighted by Crippen LogP contribution is -2.01. The molecule has 2 rings (SSSR count). The third-order valence-electron chi connectivity index (χ3n) is 2.87. The summed E-state index contributed by atoms with van der Waals surface area (Å²) in [5, 5.41) is 3.92. The van der Waals surface area contributed by atoms with Gasteiger partial charge in [-0.15, -0.1) is 0 Å². The smallest absolute Gasteiger partial charge is 0.240 e. The average molecular weight is 390 g/mol. The highest BCUT2D eigenvalue weighted by molar-refractivity contribution is 9.10. The maximum atomic E-state index is 6.15. The first-order chi connectivity index (χ1) is 9.92. The molecule has 1 heterocycles. The molecule has 0 unspecified atom stereocenters. The van der Waals surface area contributed by atoms with Crippen molar-refractivity contribution in [2.75, 3.05) is 11.9 Å². The zero-order valence-electron chi connectivity index (χ0n) is 11.9. The molecule has 0 aliphatic carbocycles. The first-order valence-electron chi connectivity index (χ1n) is 6.47. The molecule has 0 spiro atoms. The minimum atomic E-state index is 0.332. The molecule has 1 aromatic heterocycles. The van der Waals surface area contributed by atoms with Gasteiger partial charge < -0.3 is 10.1 Å². The molecule has 0 amide bonds. The van der Waals surface area contributed by atoms with Crippen LogP contribution in [-0.4, -0.2) is 11.5 Å². The molecule has 0 bridgehead atoms. The summed E-state index contributed by atoms with van der Waals surface area (Å²) in [6.07, 6.45) is 0. The molecule has 21 heavy (non-hydrogen) atoms. The number of aromatic nitrogens is 1. The number of nitrogens with zero attached hydrogens (tertiary/aromatic N) is 1. The molecule has 2 aromatic rings. The maximum Gasteiger partial charge on any atom is 0.240 e. The average Bonchev–Trinajstić information content (AvgIpc) is 2.41. The standard InChI is InChI=1S/C15H15BrCl2N2O/c1-4-19-14-11(17)7-12(18)15(20-14)21-10-5-8(2)13(16)9(3)6-10/h5-7H,4H2,1-3H3,(H,19,20). The van der Waals surface area contributed by atoms with Gasteiger partial charge in [0, 0.05) is 11.0 Å². The Morgan fingerprint density at radius 1 is 1.14 bits per heavy atom. The Kier molecular flexibility index (Phi) is 5.36. The Hall–Kier alpha value is -0.970. The molecule has 0 fully saturated rings. The number of aryl methyl sites for hydroxylation is 2. The van der Waals surface area contributed by atoms with Crippen molar-refractivity contribution in [2.24, 2.45) is 0 Å². The molecule has 6 heteroatoms. The monoisotopic (exact) mass is 388 g/mol. The third kappa shape index (κ3) is 3.82. The number of pyridine rings is 1. The minimum Gasteiger partial charge on any atom is -0.437 e. The van der Waals surface area contributed by atoms with Crippen molar-refractivity contribution in [3.63, 3.8) is 0 Å². The van der Waals surface area contributed by atoms with Gasteiger partial charge in [0.1, 0.15) is 16.6 Å². The topological polar surface area (TPSA) is 34.2 Å². The lowest BCUT2D eigenvalue weighted by atomic mass is 10.1. The van der Waals surface area contributed by atoms with Crippen LogP contribution in [0.5, 0.6) is 11.6 Å². The molecule has 0 radical (unpaired) electrons. The number of hydrogen-bond acceptors (Lipinski definition) is 3. The van der Waals surface area contributed by atoms with Crippen LogP contribution in [0.3, 0.4) is 0 Å². The normalized spacial score (nSPS) is 10.6. The lowest BCUT2D eigenvalue weighted by Gasteiger charge is -2.12. The molecule has 112 valence electrons. The van der Waals surface area contributed by atoms with Gasteiger partial charge in [-0.05, 0) is 50.1 Å². The maximum absolute atomic E-state index is 6.15. The van der Waals surface area contributed by atoms with Gasteiger partial charge in [-0.3, -0.25) is 0 Å². The van der Waals surface area contributed by atoms with Gasteiger partial charge in [0.25, 0.3) is 0 Å². The molecule has 3 nitrogen and oxygen atoms in total. The number of hydrogen-bond donors (Lipinski definition) is 1. The minimum absolute atomic E-state index is 0.332. The highest BCUT2D eigenvalue weighted by atomic mass is 79.9. The predicted octanol–water partition coefficient (Wildman–Crippen LogP) is 5.99. The van der Waals surface area contributed by atoms with Crippen molar-refractivity contribution in [1.29, 1.82) is 0 Å². The molecule has 0 saturated carbocycles. The zero-order valence-corrected chi connectivity index (χ0v) is 15.0. The van der Waals surface area contributed by atoms with Crippen molar-refractivity contribution in [3.8, 4) is 11.6 Å². The van der Waals surface area contributed by atoms with Crippen LogP contribution < -0.4 is 10.1 Å². The van der Waals surface area contributed by atoms with Crippen LogP contribution in [0.2, 0.25) is 10.0 Å². The molecule has 0 aliphatic rings. The Bertz CT molecular complexity index is 654. The Labute approximate surface area is 142 Å². The number of benzene rings is 1. The van der Waals surface area contributed by atoms with E-state index in [-0.39, 0.29) is 0 Å². The van der Waals surface area contributed by atoms with E-state index in [0.717, 1.165) is 15.6 Å². The van der Waals surface area contributed by atoms with Gasteiger partial charge in [0.05, 0.1) is 5.02 Å². The van der Waals surface area contributed by atoms with Crippen molar-refractivity contribution in [1.82, 2.24) is 4.98 Å². The van der Waals surface area contributed by atoms with Crippen LogP contribution in [0.1, 0.15) is 18.1 Å². The Morgan fingerprint density at radius 2 is 1.76 bits per heavy atom. The molecule has 0 atom stereocenters. The van der Waals surface area contributed by atoms with Gasteiger partial charge in [0.15, 0.2) is 0 Å². The van der Waals surface area contributed by atoms with E-state index in [0.29, 0.717) is 34.0 Å².